The summed E-state index contributed by atoms with van der Waals surface area (Å²) in [6, 6.07) is 48.0. The van der Waals surface area contributed by atoms with Crippen molar-refractivity contribution < 1.29 is 4.42 Å². The van der Waals surface area contributed by atoms with E-state index in [0.717, 1.165) is 44.4 Å². The normalized spacial score (nSPS) is 12.1. The maximum atomic E-state index is 6.82. The second kappa shape index (κ2) is 11.0. The number of rotatable bonds is 5. The lowest BCUT2D eigenvalue weighted by atomic mass is 9.88. The maximum absolute atomic E-state index is 6.82. The summed E-state index contributed by atoms with van der Waals surface area (Å²) >= 11 is 0. The van der Waals surface area contributed by atoms with Crippen molar-refractivity contribution >= 4 is 54.5 Å². The van der Waals surface area contributed by atoms with Gasteiger partial charge in [0.2, 0.25) is 0 Å². The predicted molar refractivity (Wildman–Crippen MR) is 202 cm³/mol. The molecule has 232 valence electrons. The predicted octanol–water partition coefficient (Wildman–Crippen LogP) is 12.8. The first-order valence-electron chi connectivity index (χ1n) is 16.9. The van der Waals surface area contributed by atoms with Gasteiger partial charge in [0.15, 0.2) is 0 Å². The lowest BCUT2D eigenvalue weighted by Gasteiger charge is -2.24. The Morgan fingerprint density at radius 1 is 0.542 bits per heavy atom. The lowest BCUT2D eigenvalue weighted by molar-refractivity contribution is 0.670. The minimum atomic E-state index is 0.291. The van der Waals surface area contributed by atoms with Gasteiger partial charge in [-0.1, -0.05) is 119 Å². The zero-order valence-corrected chi connectivity index (χ0v) is 27.7. The van der Waals surface area contributed by atoms with Crippen molar-refractivity contribution in [2.24, 2.45) is 0 Å². The van der Waals surface area contributed by atoms with Crippen molar-refractivity contribution in [2.75, 3.05) is 0 Å². The van der Waals surface area contributed by atoms with E-state index in [1.165, 1.54) is 49.5 Å². The molecule has 0 aliphatic rings. The van der Waals surface area contributed by atoms with Crippen LogP contribution in [0.2, 0.25) is 0 Å². The van der Waals surface area contributed by atoms with Crippen molar-refractivity contribution in [1.82, 2.24) is 9.55 Å². The van der Waals surface area contributed by atoms with E-state index in [1.807, 2.05) is 0 Å². The summed E-state index contributed by atoms with van der Waals surface area (Å²) in [5, 5.41) is 7.13. The van der Waals surface area contributed by atoms with Crippen LogP contribution in [0.15, 0.2) is 138 Å². The van der Waals surface area contributed by atoms with E-state index in [9.17, 15) is 0 Å². The Hall–Kier alpha value is -5.67. The molecule has 9 aromatic rings. The van der Waals surface area contributed by atoms with Gasteiger partial charge in [-0.25, -0.2) is 4.98 Å². The summed E-state index contributed by atoms with van der Waals surface area (Å²) in [6.07, 6.45) is 0. The molecule has 2 heterocycles. The van der Waals surface area contributed by atoms with Crippen LogP contribution in [0.4, 0.5) is 0 Å². The SMILES string of the molecule is CC(C)c1cc(-c2ccccc2)cc(C(C)C)c1-n1c(-c2cccc3c2oc2cc4ccc5ccccc5c4cc23)nc2ccccc21. The zero-order chi connectivity index (χ0) is 32.5. The number of nitrogens with zero attached hydrogens (tertiary/aromatic N) is 2. The molecular formula is C45H36N2O. The van der Waals surface area contributed by atoms with Crippen LogP contribution in [0, 0.1) is 0 Å². The van der Waals surface area contributed by atoms with Gasteiger partial charge < -0.3 is 4.42 Å². The average Bonchev–Trinajstić information content (AvgIpc) is 3.68. The Morgan fingerprint density at radius 3 is 2.02 bits per heavy atom. The lowest BCUT2D eigenvalue weighted by Crippen LogP contribution is -2.09. The van der Waals surface area contributed by atoms with Crippen molar-refractivity contribution in [3.05, 3.63) is 145 Å². The molecule has 3 heteroatoms. The van der Waals surface area contributed by atoms with Crippen LogP contribution in [0.3, 0.4) is 0 Å². The molecule has 0 saturated carbocycles. The molecule has 0 radical (unpaired) electrons. The summed E-state index contributed by atoms with van der Waals surface area (Å²) in [7, 11) is 0. The maximum Gasteiger partial charge on any atom is 0.149 e. The van der Waals surface area contributed by atoms with Gasteiger partial charge in [0.1, 0.15) is 17.0 Å². The fourth-order valence-electron chi connectivity index (χ4n) is 7.52. The van der Waals surface area contributed by atoms with Gasteiger partial charge in [0.25, 0.3) is 0 Å². The molecule has 7 aromatic carbocycles. The quantitative estimate of drug-likeness (QED) is 0.179. The van der Waals surface area contributed by atoms with Gasteiger partial charge in [0, 0.05) is 10.8 Å². The highest BCUT2D eigenvalue weighted by Gasteiger charge is 2.25. The van der Waals surface area contributed by atoms with Crippen LogP contribution in [0.5, 0.6) is 0 Å². The first-order chi connectivity index (χ1) is 23.5. The Morgan fingerprint density at radius 2 is 1.23 bits per heavy atom. The Balaban J connectivity index is 1.35. The smallest absolute Gasteiger partial charge is 0.149 e. The molecule has 2 aromatic heterocycles. The topological polar surface area (TPSA) is 31.0 Å². The largest absolute Gasteiger partial charge is 0.455 e. The summed E-state index contributed by atoms with van der Waals surface area (Å²) in [5.41, 5.74) is 11.1. The van der Waals surface area contributed by atoms with E-state index in [0.29, 0.717) is 11.8 Å². The number of benzene rings is 7. The highest BCUT2D eigenvalue weighted by Crippen LogP contribution is 2.43. The summed E-state index contributed by atoms with van der Waals surface area (Å²) < 4.78 is 9.23. The molecule has 3 nitrogen and oxygen atoms in total. The third-order valence-corrected chi connectivity index (χ3v) is 9.91. The molecule has 0 unspecified atom stereocenters. The molecule has 0 aliphatic carbocycles. The number of furan rings is 1. The van der Waals surface area contributed by atoms with Crippen LogP contribution in [-0.4, -0.2) is 9.55 Å². The van der Waals surface area contributed by atoms with Crippen LogP contribution in [-0.2, 0) is 0 Å². The molecule has 0 aliphatic heterocycles. The zero-order valence-electron chi connectivity index (χ0n) is 27.7. The molecule has 9 rings (SSSR count). The molecule has 0 N–H and O–H groups in total. The Bertz CT molecular complexity index is 2640. The van der Waals surface area contributed by atoms with E-state index in [2.05, 4.69) is 166 Å². The second-order valence-corrected chi connectivity index (χ2v) is 13.6. The minimum Gasteiger partial charge on any atom is -0.455 e. The van der Waals surface area contributed by atoms with Gasteiger partial charge in [-0.15, -0.1) is 0 Å². The molecule has 0 amide bonds. The minimum absolute atomic E-state index is 0.291. The number of hydrogen-bond donors (Lipinski definition) is 0. The van der Waals surface area contributed by atoms with E-state index >= 15 is 0 Å². The van der Waals surface area contributed by atoms with Crippen LogP contribution >= 0.6 is 0 Å². The van der Waals surface area contributed by atoms with Gasteiger partial charge >= 0.3 is 0 Å². The number of fused-ring (bicyclic) bond motifs is 7. The number of aromatic nitrogens is 2. The third-order valence-electron chi connectivity index (χ3n) is 9.91. The van der Waals surface area contributed by atoms with E-state index < -0.39 is 0 Å². The first-order valence-corrected chi connectivity index (χ1v) is 16.9. The molecule has 0 saturated heterocycles. The van der Waals surface area contributed by atoms with Crippen LogP contribution in [0.25, 0.3) is 82.7 Å². The first kappa shape index (κ1) is 28.5. The monoisotopic (exact) mass is 620 g/mol. The van der Waals surface area contributed by atoms with Gasteiger partial charge in [-0.3, -0.25) is 4.57 Å². The van der Waals surface area contributed by atoms with Gasteiger partial charge in [0.05, 0.1) is 22.3 Å². The van der Waals surface area contributed by atoms with Crippen LogP contribution in [0.1, 0.15) is 50.7 Å². The molecule has 0 atom stereocenters. The fourth-order valence-corrected chi connectivity index (χ4v) is 7.52. The van der Waals surface area contributed by atoms with E-state index in [1.54, 1.807) is 0 Å². The number of para-hydroxylation sites is 3. The third kappa shape index (κ3) is 4.38. The van der Waals surface area contributed by atoms with E-state index in [4.69, 9.17) is 9.40 Å². The summed E-state index contributed by atoms with van der Waals surface area (Å²) in [5.74, 6) is 1.48. The highest BCUT2D eigenvalue weighted by molar-refractivity contribution is 6.17. The fraction of sp³-hybridized carbons (Fsp3) is 0.133. The van der Waals surface area contributed by atoms with Crippen molar-refractivity contribution in [2.45, 2.75) is 39.5 Å². The molecular weight excluding hydrogens is 585 g/mol. The van der Waals surface area contributed by atoms with Gasteiger partial charge in [-0.2, -0.15) is 0 Å². The van der Waals surface area contributed by atoms with Gasteiger partial charge in [-0.05, 0) is 98.1 Å². The number of hydrogen-bond acceptors (Lipinski definition) is 2. The summed E-state index contributed by atoms with van der Waals surface area (Å²) in [4.78, 5) is 5.36. The Labute approximate surface area is 280 Å². The van der Waals surface area contributed by atoms with Crippen LogP contribution < -0.4 is 0 Å². The second-order valence-electron chi connectivity index (χ2n) is 13.6. The molecule has 48 heavy (non-hydrogen) atoms. The molecule has 0 spiro atoms. The standard InChI is InChI=1S/C45H36N2O/c1-27(2)36-23-32(29-13-6-5-7-14-29)24-37(28(3)4)43(36)47-41-20-11-10-19-40(41)46-45(47)35-18-12-17-34-39-26-38-31(25-42(39)48-44(34)35)22-21-30-15-8-9-16-33(30)38/h5-28H,1-4H3. The molecule has 0 fully saturated rings. The highest BCUT2D eigenvalue weighted by atomic mass is 16.3. The molecule has 0 bridgehead atoms. The van der Waals surface area contributed by atoms with E-state index in [-0.39, 0.29) is 0 Å². The number of imidazole rings is 1. The Kier molecular flexibility index (Phi) is 6.52. The van der Waals surface area contributed by atoms with Crippen molar-refractivity contribution in [3.8, 4) is 28.2 Å². The average molecular weight is 621 g/mol. The van der Waals surface area contributed by atoms with Crippen molar-refractivity contribution in [3.63, 3.8) is 0 Å². The van der Waals surface area contributed by atoms with Crippen molar-refractivity contribution in [1.29, 1.82) is 0 Å². The summed E-state index contributed by atoms with van der Waals surface area (Å²) in [6.45, 7) is 9.19.